The number of hydrogen-bond donors (Lipinski definition) is 0. The van der Waals surface area contributed by atoms with Gasteiger partial charge in [-0.25, -0.2) is 4.79 Å². The highest BCUT2D eigenvalue weighted by Gasteiger charge is 2.21. The molecule has 92 valence electrons. The molecule has 2 amide bonds. The van der Waals surface area contributed by atoms with Crippen molar-refractivity contribution in [1.82, 2.24) is 9.80 Å². The van der Waals surface area contributed by atoms with Gasteiger partial charge in [-0.2, -0.15) is 0 Å². The molecule has 0 aliphatic carbocycles. The van der Waals surface area contributed by atoms with E-state index in [2.05, 4.69) is 6.58 Å². The molecule has 1 aliphatic heterocycles. The van der Waals surface area contributed by atoms with Gasteiger partial charge in [0.15, 0.2) is 0 Å². The zero-order chi connectivity index (χ0) is 11.8. The number of nitrogens with zero attached hydrogens (tertiary/aromatic N) is 2. The van der Waals surface area contributed by atoms with Gasteiger partial charge >= 0.3 is 6.03 Å². The van der Waals surface area contributed by atoms with E-state index in [1.54, 1.807) is 18.1 Å². The third-order valence-electron chi connectivity index (χ3n) is 2.81. The minimum atomic E-state index is 0.122. The number of piperidine rings is 1. The van der Waals surface area contributed by atoms with Crippen LogP contribution in [-0.4, -0.2) is 55.7 Å². The summed E-state index contributed by atoms with van der Waals surface area (Å²) in [6.07, 6.45) is 5.25. The van der Waals surface area contributed by atoms with E-state index in [4.69, 9.17) is 4.74 Å². The second-order valence-corrected chi connectivity index (χ2v) is 4.06. The lowest BCUT2D eigenvalue weighted by Crippen LogP contribution is -2.46. The van der Waals surface area contributed by atoms with Gasteiger partial charge < -0.3 is 14.5 Å². The monoisotopic (exact) mass is 226 g/mol. The van der Waals surface area contributed by atoms with Crippen molar-refractivity contribution >= 4 is 6.03 Å². The van der Waals surface area contributed by atoms with Crippen LogP contribution in [0.3, 0.4) is 0 Å². The molecule has 0 aromatic carbocycles. The number of carbonyl (C=O) groups is 1. The molecule has 1 saturated heterocycles. The van der Waals surface area contributed by atoms with Crippen molar-refractivity contribution in [2.45, 2.75) is 19.3 Å². The Kier molecular flexibility index (Phi) is 5.93. The van der Waals surface area contributed by atoms with Gasteiger partial charge in [0.25, 0.3) is 0 Å². The number of methoxy groups -OCH3 is 1. The number of amides is 2. The van der Waals surface area contributed by atoms with Crippen LogP contribution in [0.25, 0.3) is 0 Å². The highest BCUT2D eigenvalue weighted by atomic mass is 16.5. The van der Waals surface area contributed by atoms with Crippen LogP contribution in [0.4, 0.5) is 4.79 Å². The Morgan fingerprint density at radius 3 is 2.69 bits per heavy atom. The Morgan fingerprint density at radius 1 is 1.44 bits per heavy atom. The van der Waals surface area contributed by atoms with Gasteiger partial charge in [-0.15, -0.1) is 6.58 Å². The van der Waals surface area contributed by atoms with Crippen LogP contribution in [0.1, 0.15) is 19.3 Å². The lowest BCUT2D eigenvalue weighted by Gasteiger charge is -2.32. The molecule has 1 rings (SSSR count). The Bertz CT molecular complexity index is 225. The minimum absolute atomic E-state index is 0.122. The molecule has 0 spiro atoms. The quantitative estimate of drug-likeness (QED) is 0.669. The first-order chi connectivity index (χ1) is 7.79. The highest BCUT2D eigenvalue weighted by Crippen LogP contribution is 2.11. The number of carbonyl (C=O) groups excluding carboxylic acids is 1. The van der Waals surface area contributed by atoms with Crippen molar-refractivity contribution < 1.29 is 9.53 Å². The molecule has 0 aromatic rings. The molecule has 16 heavy (non-hydrogen) atoms. The maximum atomic E-state index is 12.1. The maximum absolute atomic E-state index is 12.1. The molecule has 0 unspecified atom stereocenters. The van der Waals surface area contributed by atoms with Crippen LogP contribution >= 0.6 is 0 Å². The number of urea groups is 1. The fourth-order valence-corrected chi connectivity index (χ4v) is 1.91. The van der Waals surface area contributed by atoms with Gasteiger partial charge in [-0.05, 0) is 19.3 Å². The first-order valence-electron chi connectivity index (χ1n) is 5.93. The van der Waals surface area contributed by atoms with Crippen LogP contribution < -0.4 is 0 Å². The van der Waals surface area contributed by atoms with Gasteiger partial charge in [0.2, 0.25) is 0 Å². The van der Waals surface area contributed by atoms with E-state index in [-0.39, 0.29) is 6.03 Å². The van der Waals surface area contributed by atoms with Gasteiger partial charge in [-0.1, -0.05) is 6.08 Å². The summed E-state index contributed by atoms with van der Waals surface area (Å²) in [4.78, 5) is 15.9. The van der Waals surface area contributed by atoms with Crippen molar-refractivity contribution in [3.63, 3.8) is 0 Å². The lowest BCUT2D eigenvalue weighted by atomic mass is 10.1. The Hall–Kier alpha value is -1.03. The van der Waals surface area contributed by atoms with E-state index < -0.39 is 0 Å². The SMILES string of the molecule is C=CCN(CCOC)C(=O)N1CCCCC1. The smallest absolute Gasteiger partial charge is 0.320 e. The van der Waals surface area contributed by atoms with Gasteiger partial charge in [0.05, 0.1) is 6.61 Å². The number of rotatable bonds is 5. The fourth-order valence-electron chi connectivity index (χ4n) is 1.91. The molecule has 4 nitrogen and oxygen atoms in total. The average Bonchev–Trinajstić information content (AvgIpc) is 2.35. The topological polar surface area (TPSA) is 32.8 Å². The fraction of sp³-hybridized carbons (Fsp3) is 0.750. The summed E-state index contributed by atoms with van der Waals surface area (Å²) < 4.78 is 5.01. The molecule has 1 heterocycles. The van der Waals surface area contributed by atoms with E-state index in [0.29, 0.717) is 19.7 Å². The number of likely N-dealkylation sites (tertiary alicyclic amines) is 1. The Morgan fingerprint density at radius 2 is 2.12 bits per heavy atom. The maximum Gasteiger partial charge on any atom is 0.320 e. The van der Waals surface area contributed by atoms with Gasteiger partial charge in [-0.3, -0.25) is 0 Å². The summed E-state index contributed by atoms with van der Waals surface area (Å²) in [7, 11) is 1.65. The van der Waals surface area contributed by atoms with E-state index >= 15 is 0 Å². The molecule has 0 aromatic heterocycles. The standard InChI is InChI=1S/C12H22N2O2/c1-3-7-13(10-11-16-2)12(15)14-8-5-4-6-9-14/h3H,1,4-11H2,2H3. The molecule has 4 heteroatoms. The summed E-state index contributed by atoms with van der Waals surface area (Å²) in [5.41, 5.74) is 0. The van der Waals surface area contributed by atoms with Crippen LogP contribution in [0.5, 0.6) is 0 Å². The zero-order valence-corrected chi connectivity index (χ0v) is 10.2. The second kappa shape index (κ2) is 7.28. The van der Waals surface area contributed by atoms with E-state index in [1.165, 1.54) is 6.42 Å². The molecule has 0 radical (unpaired) electrons. The number of ether oxygens (including phenoxy) is 1. The molecule has 1 aliphatic rings. The molecular formula is C12H22N2O2. The summed E-state index contributed by atoms with van der Waals surface area (Å²) in [6.45, 7) is 7.27. The molecule has 0 atom stereocenters. The summed E-state index contributed by atoms with van der Waals surface area (Å²) in [5.74, 6) is 0. The Labute approximate surface area is 97.9 Å². The first kappa shape index (κ1) is 13.0. The normalized spacial score (nSPS) is 15.9. The van der Waals surface area contributed by atoms with Crippen LogP contribution in [0.2, 0.25) is 0 Å². The van der Waals surface area contributed by atoms with E-state index in [1.807, 2.05) is 4.90 Å². The molecule has 0 N–H and O–H groups in total. The predicted octanol–water partition coefficient (Wildman–Crippen LogP) is 1.73. The largest absolute Gasteiger partial charge is 0.383 e. The van der Waals surface area contributed by atoms with Crippen LogP contribution in [0.15, 0.2) is 12.7 Å². The van der Waals surface area contributed by atoms with Crippen LogP contribution in [-0.2, 0) is 4.74 Å². The number of hydrogen-bond acceptors (Lipinski definition) is 2. The lowest BCUT2D eigenvalue weighted by molar-refractivity contribution is 0.124. The van der Waals surface area contributed by atoms with E-state index in [9.17, 15) is 4.79 Å². The molecule has 0 bridgehead atoms. The third-order valence-corrected chi connectivity index (χ3v) is 2.81. The van der Waals surface area contributed by atoms with E-state index in [0.717, 1.165) is 25.9 Å². The molecular weight excluding hydrogens is 204 g/mol. The van der Waals surface area contributed by atoms with Gasteiger partial charge in [0, 0.05) is 33.3 Å². The Balaban J connectivity index is 2.47. The minimum Gasteiger partial charge on any atom is -0.383 e. The molecule has 1 fully saturated rings. The summed E-state index contributed by atoms with van der Waals surface area (Å²) in [6, 6.07) is 0.122. The third kappa shape index (κ3) is 3.85. The zero-order valence-electron chi connectivity index (χ0n) is 10.2. The summed E-state index contributed by atoms with van der Waals surface area (Å²) in [5, 5.41) is 0. The van der Waals surface area contributed by atoms with Crippen molar-refractivity contribution in [3.05, 3.63) is 12.7 Å². The average molecular weight is 226 g/mol. The van der Waals surface area contributed by atoms with Crippen molar-refractivity contribution in [2.24, 2.45) is 0 Å². The highest BCUT2D eigenvalue weighted by molar-refractivity contribution is 5.74. The second-order valence-electron chi connectivity index (χ2n) is 4.06. The first-order valence-corrected chi connectivity index (χ1v) is 5.93. The predicted molar refractivity (Wildman–Crippen MR) is 64.5 cm³/mol. The van der Waals surface area contributed by atoms with Crippen LogP contribution in [0, 0.1) is 0 Å². The van der Waals surface area contributed by atoms with Crippen molar-refractivity contribution in [2.75, 3.05) is 39.9 Å². The molecule has 0 saturated carbocycles. The van der Waals surface area contributed by atoms with Gasteiger partial charge in [0.1, 0.15) is 0 Å². The summed E-state index contributed by atoms with van der Waals surface area (Å²) >= 11 is 0. The van der Waals surface area contributed by atoms with Crippen molar-refractivity contribution in [3.8, 4) is 0 Å². The van der Waals surface area contributed by atoms with Crippen molar-refractivity contribution in [1.29, 1.82) is 0 Å².